The molecule has 0 aromatic carbocycles. The minimum absolute atomic E-state index is 1.10. The van der Waals surface area contributed by atoms with Crippen LogP contribution >= 0.6 is 0 Å². The Morgan fingerprint density at radius 1 is 0.800 bits per heavy atom. The molecule has 0 unspecified atom stereocenters. The molecule has 0 aromatic rings. The lowest BCUT2D eigenvalue weighted by Gasteiger charge is -1.91. The van der Waals surface area contributed by atoms with E-state index >= 15 is 0 Å². The second-order valence-corrected chi connectivity index (χ2v) is 3.89. The fourth-order valence-corrected chi connectivity index (χ4v) is 1.38. The highest BCUT2D eigenvalue weighted by Gasteiger charge is 1.82. The highest BCUT2D eigenvalue weighted by atomic mass is 13.9. The van der Waals surface area contributed by atoms with Crippen molar-refractivity contribution < 1.29 is 0 Å². The molecule has 0 aliphatic carbocycles. The molecule has 0 amide bonds. The monoisotopic (exact) mass is 206 g/mol. The van der Waals surface area contributed by atoms with Crippen molar-refractivity contribution in [1.29, 1.82) is 0 Å². The first-order valence-corrected chi connectivity index (χ1v) is 6.32. The van der Waals surface area contributed by atoms with Crippen molar-refractivity contribution in [1.82, 2.24) is 0 Å². The van der Waals surface area contributed by atoms with Crippen LogP contribution in [-0.4, -0.2) is 0 Å². The van der Waals surface area contributed by atoms with Crippen molar-refractivity contribution >= 4 is 0 Å². The van der Waals surface area contributed by atoms with Crippen molar-refractivity contribution in [3.8, 4) is 0 Å². The topological polar surface area (TPSA) is 0 Å². The zero-order valence-electron chi connectivity index (χ0n) is 10.3. The number of hydrogen-bond acceptors (Lipinski definition) is 0. The zero-order valence-corrected chi connectivity index (χ0v) is 10.3. The normalized spacial score (nSPS) is 11.5. The van der Waals surface area contributed by atoms with Crippen molar-refractivity contribution in [3.63, 3.8) is 0 Å². The summed E-state index contributed by atoms with van der Waals surface area (Å²) in [7, 11) is 0. The number of allylic oxidation sites excluding steroid dienone is 5. The van der Waals surface area contributed by atoms with Crippen LogP contribution in [0.2, 0.25) is 0 Å². The van der Waals surface area contributed by atoms with E-state index in [1.165, 1.54) is 38.5 Å². The van der Waals surface area contributed by atoms with Crippen LogP contribution in [0.25, 0.3) is 0 Å². The molecule has 0 radical (unpaired) electrons. The van der Waals surface area contributed by atoms with Gasteiger partial charge in [0.1, 0.15) is 0 Å². The summed E-state index contributed by atoms with van der Waals surface area (Å²) in [4.78, 5) is 0. The summed E-state index contributed by atoms with van der Waals surface area (Å²) in [5, 5.41) is 0. The van der Waals surface area contributed by atoms with E-state index in [0.29, 0.717) is 0 Å². The van der Waals surface area contributed by atoms with E-state index in [1.807, 2.05) is 6.08 Å². The van der Waals surface area contributed by atoms with Crippen LogP contribution in [0.4, 0.5) is 0 Å². The Hall–Kier alpha value is -0.780. The molecule has 0 aliphatic heterocycles. The van der Waals surface area contributed by atoms with Crippen molar-refractivity contribution in [2.45, 2.75) is 58.3 Å². The Balaban J connectivity index is 3.16. The first-order valence-electron chi connectivity index (χ1n) is 6.32. The summed E-state index contributed by atoms with van der Waals surface area (Å²) in [6, 6.07) is 0. The van der Waals surface area contributed by atoms with Gasteiger partial charge >= 0.3 is 0 Å². The Morgan fingerprint density at radius 2 is 1.40 bits per heavy atom. The Bertz CT molecular complexity index is 174. The van der Waals surface area contributed by atoms with E-state index in [2.05, 4.69) is 37.8 Å². The third-order valence-corrected chi connectivity index (χ3v) is 2.36. The van der Waals surface area contributed by atoms with E-state index in [0.717, 1.165) is 12.8 Å². The van der Waals surface area contributed by atoms with Gasteiger partial charge in [-0.15, -0.1) is 6.58 Å². The Labute approximate surface area is 95.8 Å². The first kappa shape index (κ1) is 14.2. The summed E-state index contributed by atoms with van der Waals surface area (Å²) in [6.45, 7) is 5.95. The standard InChI is InChI=1S/C15H26/c1-3-5-7-9-11-13-15-14-12-10-8-6-4-2/h3,10,12-13,15H,1,4-9,11,14H2,2H3. The molecule has 0 heteroatoms. The smallest absolute Gasteiger partial charge is 0.0169 e. The van der Waals surface area contributed by atoms with Gasteiger partial charge in [-0.25, -0.2) is 0 Å². The number of unbranched alkanes of at least 4 members (excludes halogenated alkanes) is 5. The SMILES string of the molecule is C=CCCCCC=CCC=CCCCC. The molecule has 0 atom stereocenters. The van der Waals surface area contributed by atoms with Gasteiger partial charge in [-0.05, 0) is 38.5 Å². The number of hydrogen-bond donors (Lipinski definition) is 0. The van der Waals surface area contributed by atoms with Crippen LogP contribution in [0.3, 0.4) is 0 Å². The predicted molar refractivity (Wildman–Crippen MR) is 71.1 cm³/mol. The minimum atomic E-state index is 1.10. The van der Waals surface area contributed by atoms with Gasteiger partial charge in [-0.1, -0.05) is 50.1 Å². The van der Waals surface area contributed by atoms with Gasteiger partial charge < -0.3 is 0 Å². The Morgan fingerprint density at radius 3 is 2.00 bits per heavy atom. The molecular weight excluding hydrogens is 180 g/mol. The van der Waals surface area contributed by atoms with Crippen molar-refractivity contribution in [2.24, 2.45) is 0 Å². The predicted octanol–water partition coefficient (Wildman–Crippen LogP) is 5.43. The second kappa shape index (κ2) is 13.2. The molecule has 0 nitrogen and oxygen atoms in total. The fraction of sp³-hybridized carbons (Fsp3) is 0.600. The third kappa shape index (κ3) is 13.2. The first-order chi connectivity index (χ1) is 7.41. The summed E-state index contributed by atoms with van der Waals surface area (Å²) >= 11 is 0. The van der Waals surface area contributed by atoms with E-state index < -0.39 is 0 Å². The molecular formula is C15H26. The molecule has 0 aliphatic rings. The van der Waals surface area contributed by atoms with Crippen LogP contribution in [-0.2, 0) is 0 Å². The van der Waals surface area contributed by atoms with Gasteiger partial charge in [0.15, 0.2) is 0 Å². The molecule has 0 fully saturated rings. The average Bonchev–Trinajstić information content (AvgIpc) is 2.26. The van der Waals surface area contributed by atoms with Gasteiger partial charge in [0.25, 0.3) is 0 Å². The van der Waals surface area contributed by atoms with Gasteiger partial charge in [-0.3, -0.25) is 0 Å². The van der Waals surface area contributed by atoms with Gasteiger partial charge in [-0.2, -0.15) is 0 Å². The summed E-state index contributed by atoms with van der Waals surface area (Å²) in [6.07, 6.45) is 21.1. The highest BCUT2D eigenvalue weighted by molar-refractivity contribution is 4.92. The quantitative estimate of drug-likeness (QED) is 0.330. The van der Waals surface area contributed by atoms with Gasteiger partial charge in [0.2, 0.25) is 0 Å². The maximum absolute atomic E-state index is 3.72. The van der Waals surface area contributed by atoms with Crippen LogP contribution < -0.4 is 0 Å². The molecule has 0 aromatic heterocycles. The van der Waals surface area contributed by atoms with Crippen LogP contribution in [0.5, 0.6) is 0 Å². The Kier molecular flexibility index (Phi) is 12.5. The van der Waals surface area contributed by atoms with Crippen LogP contribution in [0.15, 0.2) is 37.0 Å². The van der Waals surface area contributed by atoms with E-state index in [9.17, 15) is 0 Å². The van der Waals surface area contributed by atoms with Crippen molar-refractivity contribution in [3.05, 3.63) is 37.0 Å². The number of rotatable bonds is 10. The maximum atomic E-state index is 3.72. The lowest BCUT2D eigenvalue weighted by atomic mass is 10.2. The highest BCUT2D eigenvalue weighted by Crippen LogP contribution is 2.02. The van der Waals surface area contributed by atoms with Crippen LogP contribution in [0.1, 0.15) is 58.3 Å². The lowest BCUT2D eigenvalue weighted by molar-refractivity contribution is 0.762. The molecule has 0 rings (SSSR count). The maximum Gasteiger partial charge on any atom is -0.0169 e. The molecule has 0 saturated carbocycles. The van der Waals surface area contributed by atoms with Gasteiger partial charge in [0.05, 0.1) is 0 Å². The lowest BCUT2D eigenvalue weighted by Crippen LogP contribution is -1.71. The van der Waals surface area contributed by atoms with E-state index in [4.69, 9.17) is 0 Å². The molecule has 0 heterocycles. The van der Waals surface area contributed by atoms with Crippen LogP contribution in [0, 0.1) is 0 Å². The summed E-state index contributed by atoms with van der Waals surface area (Å²) < 4.78 is 0. The second-order valence-electron chi connectivity index (χ2n) is 3.89. The summed E-state index contributed by atoms with van der Waals surface area (Å²) in [5.41, 5.74) is 0. The molecule has 0 spiro atoms. The molecule has 15 heavy (non-hydrogen) atoms. The zero-order chi connectivity index (χ0) is 11.2. The minimum Gasteiger partial charge on any atom is -0.103 e. The van der Waals surface area contributed by atoms with Crippen molar-refractivity contribution in [2.75, 3.05) is 0 Å². The van der Waals surface area contributed by atoms with E-state index in [1.54, 1.807) is 0 Å². The van der Waals surface area contributed by atoms with E-state index in [-0.39, 0.29) is 0 Å². The summed E-state index contributed by atoms with van der Waals surface area (Å²) in [5.74, 6) is 0. The molecule has 0 N–H and O–H groups in total. The molecule has 0 saturated heterocycles. The van der Waals surface area contributed by atoms with Gasteiger partial charge in [0, 0.05) is 0 Å². The average molecular weight is 206 g/mol. The largest absolute Gasteiger partial charge is 0.103 e. The fourth-order valence-electron chi connectivity index (χ4n) is 1.38. The third-order valence-electron chi connectivity index (χ3n) is 2.36. The molecule has 86 valence electrons. The molecule has 0 bridgehead atoms.